The van der Waals surface area contributed by atoms with Crippen LogP contribution in [0.1, 0.15) is 5.56 Å². The van der Waals surface area contributed by atoms with Crippen LogP contribution in [-0.2, 0) is 4.79 Å². The summed E-state index contributed by atoms with van der Waals surface area (Å²) in [6.45, 7) is 3.47. The highest BCUT2D eigenvalue weighted by Crippen LogP contribution is 2.25. The Morgan fingerprint density at radius 1 is 0.944 bits per heavy atom. The number of fused-ring (bicyclic) bond motifs is 1. The smallest absolute Gasteiger partial charge is 0.338 e. The van der Waals surface area contributed by atoms with Crippen molar-refractivity contribution in [2.75, 3.05) is 5.32 Å². The van der Waals surface area contributed by atoms with Gasteiger partial charge in [0.2, 0.25) is 5.91 Å². The third-order valence-electron chi connectivity index (χ3n) is 5.51. The highest BCUT2D eigenvalue weighted by molar-refractivity contribution is 5.99. The lowest BCUT2D eigenvalue weighted by Gasteiger charge is -2.08. The number of nitrogens with zero attached hydrogens (tertiary/aromatic N) is 4. The summed E-state index contributed by atoms with van der Waals surface area (Å²) in [6, 6.07) is 24.8. The first-order valence-corrected chi connectivity index (χ1v) is 11.0. The van der Waals surface area contributed by atoms with Gasteiger partial charge in [-0.2, -0.15) is 5.26 Å². The molecule has 0 spiro atoms. The van der Waals surface area contributed by atoms with Crippen LogP contribution < -0.4 is 15.7 Å². The fraction of sp³-hybridized carbons (Fsp3) is 0. The summed E-state index contributed by atoms with van der Waals surface area (Å²) >= 11 is 0. The molecule has 174 valence electrons. The van der Waals surface area contributed by atoms with E-state index in [0.29, 0.717) is 45.2 Å². The molecule has 0 aliphatic rings. The second-order valence-corrected chi connectivity index (χ2v) is 7.79. The molecule has 1 N–H and O–H groups in total. The third kappa shape index (κ3) is 4.24. The zero-order valence-corrected chi connectivity index (χ0v) is 19.0. The molecule has 0 saturated heterocycles. The highest BCUT2D eigenvalue weighted by atomic mass is 16.5. The normalized spacial score (nSPS) is 10.5. The van der Waals surface area contributed by atoms with Crippen molar-refractivity contribution in [1.29, 1.82) is 5.26 Å². The number of nitriles is 1. The average molecular weight is 473 g/mol. The van der Waals surface area contributed by atoms with Crippen molar-refractivity contribution < 1.29 is 9.53 Å². The quantitative estimate of drug-likeness (QED) is 0.351. The van der Waals surface area contributed by atoms with Crippen molar-refractivity contribution in [3.8, 4) is 28.9 Å². The summed E-state index contributed by atoms with van der Waals surface area (Å²) in [6.07, 6.45) is 4.45. The lowest BCUT2D eigenvalue weighted by atomic mass is 10.2. The fourth-order valence-corrected chi connectivity index (χ4v) is 3.86. The van der Waals surface area contributed by atoms with Crippen LogP contribution in [0.15, 0.2) is 109 Å². The number of hydrogen-bond acceptors (Lipinski definition) is 5. The Kier molecular flexibility index (Phi) is 5.87. The van der Waals surface area contributed by atoms with Gasteiger partial charge < -0.3 is 10.1 Å². The molecule has 1 amide bonds. The summed E-state index contributed by atoms with van der Waals surface area (Å²) in [5.41, 5.74) is 3.34. The van der Waals surface area contributed by atoms with E-state index in [1.165, 1.54) is 6.08 Å². The molecule has 8 nitrogen and oxygen atoms in total. The Morgan fingerprint density at radius 2 is 1.64 bits per heavy atom. The maximum absolute atomic E-state index is 13.7. The molecule has 0 radical (unpaired) electrons. The summed E-state index contributed by atoms with van der Waals surface area (Å²) in [7, 11) is 0. The van der Waals surface area contributed by atoms with Crippen LogP contribution in [0.2, 0.25) is 0 Å². The molecule has 0 aliphatic heterocycles. The fourth-order valence-electron chi connectivity index (χ4n) is 3.86. The number of carbonyl (C=O) groups is 1. The standard InChI is InChI=1S/C28H19N5O3/c1-2-27(34)31-20-4-3-5-22(16-20)33-25-14-15-30-18-26(25)32(28(33)35)21-8-12-24(13-9-21)36-23-10-6-19(17-29)7-11-23/h2-16,18H,1H2,(H,31,34). The zero-order chi connectivity index (χ0) is 25.1. The molecule has 0 atom stereocenters. The minimum atomic E-state index is -0.338. The Morgan fingerprint density at radius 3 is 2.33 bits per heavy atom. The Bertz CT molecular complexity index is 1690. The van der Waals surface area contributed by atoms with Crippen LogP contribution in [0, 0.1) is 11.3 Å². The minimum absolute atomic E-state index is 0.286. The SMILES string of the molecule is C=CC(=O)Nc1cccc(-n2c(=O)n(-c3ccc(Oc4ccc(C#N)cc4)cc3)c3cnccc32)c1. The second kappa shape index (κ2) is 9.44. The van der Waals surface area contributed by atoms with Gasteiger partial charge in [-0.15, -0.1) is 0 Å². The molecule has 36 heavy (non-hydrogen) atoms. The zero-order valence-electron chi connectivity index (χ0n) is 19.0. The molecular weight excluding hydrogens is 454 g/mol. The van der Waals surface area contributed by atoms with Crippen molar-refractivity contribution in [2.45, 2.75) is 0 Å². The number of ether oxygens (including phenoxy) is 1. The number of nitrogens with one attached hydrogen (secondary N) is 1. The van der Waals surface area contributed by atoms with Crippen LogP contribution in [0.5, 0.6) is 11.5 Å². The topological polar surface area (TPSA) is 102 Å². The first kappa shape index (κ1) is 22.4. The van der Waals surface area contributed by atoms with Gasteiger partial charge in [-0.3, -0.25) is 18.9 Å². The van der Waals surface area contributed by atoms with E-state index in [0.717, 1.165) is 0 Å². The van der Waals surface area contributed by atoms with Crippen molar-refractivity contribution in [3.63, 3.8) is 0 Å². The van der Waals surface area contributed by atoms with Gasteiger partial charge in [0, 0.05) is 11.9 Å². The number of imidazole rings is 1. The number of aromatic nitrogens is 3. The summed E-state index contributed by atoms with van der Waals surface area (Å²) < 4.78 is 9.00. The van der Waals surface area contributed by atoms with Gasteiger partial charge in [-0.05, 0) is 78.9 Å². The van der Waals surface area contributed by atoms with E-state index in [1.807, 2.05) is 0 Å². The van der Waals surface area contributed by atoms with Crippen LogP contribution in [-0.4, -0.2) is 20.0 Å². The molecule has 8 heteroatoms. The summed E-state index contributed by atoms with van der Waals surface area (Å²) in [4.78, 5) is 29.6. The molecule has 0 aliphatic carbocycles. The minimum Gasteiger partial charge on any atom is -0.457 e. The van der Waals surface area contributed by atoms with E-state index in [1.54, 1.807) is 100 Å². The van der Waals surface area contributed by atoms with Crippen molar-refractivity contribution in [3.05, 3.63) is 120 Å². The van der Waals surface area contributed by atoms with Crippen LogP contribution >= 0.6 is 0 Å². The van der Waals surface area contributed by atoms with E-state index in [2.05, 4.69) is 22.9 Å². The lowest BCUT2D eigenvalue weighted by Crippen LogP contribution is -2.22. The summed E-state index contributed by atoms with van der Waals surface area (Å²) in [5, 5.41) is 11.7. The van der Waals surface area contributed by atoms with Crippen molar-refractivity contribution in [2.24, 2.45) is 0 Å². The number of amides is 1. The number of rotatable bonds is 6. The van der Waals surface area contributed by atoms with Crippen LogP contribution in [0.25, 0.3) is 22.4 Å². The molecule has 2 aromatic heterocycles. The molecule has 5 aromatic rings. The second-order valence-electron chi connectivity index (χ2n) is 7.79. The molecule has 5 rings (SSSR count). The number of carbonyl (C=O) groups excluding carboxylic acids is 1. The van der Waals surface area contributed by atoms with Gasteiger partial charge in [-0.1, -0.05) is 12.6 Å². The maximum atomic E-state index is 13.7. The van der Waals surface area contributed by atoms with Crippen LogP contribution in [0.4, 0.5) is 5.69 Å². The first-order chi connectivity index (χ1) is 17.6. The molecule has 0 unspecified atom stereocenters. The van der Waals surface area contributed by atoms with Gasteiger partial charge in [0.15, 0.2) is 0 Å². The number of benzene rings is 3. The Balaban J connectivity index is 1.53. The van der Waals surface area contributed by atoms with Gasteiger partial charge in [0.25, 0.3) is 0 Å². The number of pyridine rings is 1. The molecule has 2 heterocycles. The van der Waals surface area contributed by atoms with E-state index >= 15 is 0 Å². The summed E-state index contributed by atoms with van der Waals surface area (Å²) in [5.74, 6) is 0.849. The average Bonchev–Trinajstić information content (AvgIpc) is 3.21. The molecule has 0 bridgehead atoms. The monoisotopic (exact) mass is 473 g/mol. The van der Waals surface area contributed by atoms with Gasteiger partial charge >= 0.3 is 5.69 Å². The van der Waals surface area contributed by atoms with Crippen molar-refractivity contribution in [1.82, 2.24) is 14.1 Å². The van der Waals surface area contributed by atoms with Crippen LogP contribution in [0.3, 0.4) is 0 Å². The third-order valence-corrected chi connectivity index (χ3v) is 5.51. The number of anilines is 1. The van der Waals surface area contributed by atoms with E-state index in [4.69, 9.17) is 10.00 Å². The van der Waals surface area contributed by atoms with Crippen molar-refractivity contribution >= 4 is 22.6 Å². The van der Waals surface area contributed by atoms with E-state index in [9.17, 15) is 9.59 Å². The highest BCUT2D eigenvalue weighted by Gasteiger charge is 2.16. The Labute approximate surface area is 206 Å². The number of hydrogen-bond donors (Lipinski definition) is 1. The molecule has 0 fully saturated rings. The molecular formula is C28H19N5O3. The van der Waals surface area contributed by atoms with E-state index < -0.39 is 0 Å². The predicted octanol–water partition coefficient (Wildman–Crippen LogP) is 4.96. The largest absolute Gasteiger partial charge is 0.457 e. The van der Waals surface area contributed by atoms with E-state index in [-0.39, 0.29) is 11.6 Å². The first-order valence-electron chi connectivity index (χ1n) is 11.0. The molecule has 3 aromatic carbocycles. The van der Waals surface area contributed by atoms with Gasteiger partial charge in [-0.25, -0.2) is 4.79 Å². The lowest BCUT2D eigenvalue weighted by molar-refractivity contribution is -0.111. The predicted molar refractivity (Wildman–Crippen MR) is 137 cm³/mol. The van der Waals surface area contributed by atoms with Gasteiger partial charge in [0.05, 0.1) is 40.2 Å². The Hall–Kier alpha value is -5.42. The van der Waals surface area contributed by atoms with Gasteiger partial charge in [0.1, 0.15) is 11.5 Å². The molecule has 0 saturated carbocycles. The maximum Gasteiger partial charge on any atom is 0.338 e.